The summed E-state index contributed by atoms with van der Waals surface area (Å²) in [6.45, 7) is 0.949. The lowest BCUT2D eigenvalue weighted by atomic mass is 10.1. The van der Waals surface area contributed by atoms with Crippen LogP contribution in [0.25, 0.3) is 27.5 Å². The van der Waals surface area contributed by atoms with E-state index in [1.807, 2.05) is 51.5 Å². The first-order valence-electron chi connectivity index (χ1n) is 10.0. The van der Waals surface area contributed by atoms with E-state index in [-0.39, 0.29) is 0 Å². The highest BCUT2D eigenvalue weighted by atomic mass is 16.5. The summed E-state index contributed by atoms with van der Waals surface area (Å²) in [4.78, 5) is 4.62. The average molecular weight is 406 g/mol. The SMILES string of the molecule is c1ccc(Cn2ncc3c2ncn2c(COc4ccc5ccccc5c4)nnc32)cc1. The van der Waals surface area contributed by atoms with E-state index in [1.54, 1.807) is 12.5 Å². The highest BCUT2D eigenvalue weighted by Crippen LogP contribution is 2.22. The van der Waals surface area contributed by atoms with E-state index < -0.39 is 0 Å². The van der Waals surface area contributed by atoms with Crippen molar-refractivity contribution < 1.29 is 4.74 Å². The predicted molar refractivity (Wildman–Crippen MR) is 118 cm³/mol. The zero-order chi connectivity index (χ0) is 20.6. The number of aromatic nitrogens is 6. The number of ether oxygens (including phenoxy) is 1. The lowest BCUT2D eigenvalue weighted by molar-refractivity contribution is 0.295. The number of hydrogen-bond acceptors (Lipinski definition) is 5. The van der Waals surface area contributed by atoms with E-state index in [0.717, 1.165) is 27.8 Å². The first-order chi connectivity index (χ1) is 15.3. The summed E-state index contributed by atoms with van der Waals surface area (Å²) in [6, 6.07) is 24.5. The molecule has 3 heterocycles. The molecule has 0 aliphatic rings. The molecule has 0 saturated carbocycles. The molecule has 3 aromatic heterocycles. The lowest BCUT2D eigenvalue weighted by Gasteiger charge is -2.07. The van der Waals surface area contributed by atoms with Gasteiger partial charge in [0.15, 0.2) is 17.1 Å². The molecule has 31 heavy (non-hydrogen) atoms. The first kappa shape index (κ1) is 17.6. The van der Waals surface area contributed by atoms with E-state index in [4.69, 9.17) is 4.74 Å². The van der Waals surface area contributed by atoms with Crippen LogP contribution in [0.3, 0.4) is 0 Å². The van der Waals surface area contributed by atoms with Gasteiger partial charge in [-0.1, -0.05) is 60.7 Å². The highest BCUT2D eigenvalue weighted by Gasteiger charge is 2.14. The Labute approximate surface area is 177 Å². The fourth-order valence-corrected chi connectivity index (χ4v) is 3.79. The quantitative estimate of drug-likeness (QED) is 0.428. The van der Waals surface area contributed by atoms with Crippen LogP contribution in [0.15, 0.2) is 85.3 Å². The molecule has 0 amide bonds. The first-order valence-corrected chi connectivity index (χ1v) is 10.0. The van der Waals surface area contributed by atoms with Gasteiger partial charge in [-0.15, -0.1) is 10.2 Å². The van der Waals surface area contributed by atoms with Crippen molar-refractivity contribution in [2.45, 2.75) is 13.2 Å². The van der Waals surface area contributed by atoms with Crippen molar-refractivity contribution in [1.82, 2.24) is 29.4 Å². The largest absolute Gasteiger partial charge is 0.486 e. The van der Waals surface area contributed by atoms with E-state index in [1.165, 1.54) is 10.9 Å². The molecule has 6 rings (SSSR count). The van der Waals surface area contributed by atoms with Gasteiger partial charge in [-0.3, -0.25) is 4.40 Å². The van der Waals surface area contributed by atoms with E-state index in [0.29, 0.717) is 19.0 Å². The van der Waals surface area contributed by atoms with Crippen LogP contribution in [0.5, 0.6) is 5.75 Å². The number of nitrogens with zero attached hydrogens (tertiary/aromatic N) is 6. The fourth-order valence-electron chi connectivity index (χ4n) is 3.79. The molecule has 0 saturated heterocycles. The van der Waals surface area contributed by atoms with Crippen molar-refractivity contribution in [3.05, 3.63) is 96.7 Å². The maximum absolute atomic E-state index is 5.99. The third kappa shape index (κ3) is 3.16. The normalized spacial score (nSPS) is 11.5. The Morgan fingerprint density at radius 2 is 1.65 bits per heavy atom. The van der Waals surface area contributed by atoms with Gasteiger partial charge in [0.2, 0.25) is 0 Å². The second-order valence-electron chi connectivity index (χ2n) is 7.38. The van der Waals surface area contributed by atoms with Crippen LogP contribution < -0.4 is 4.74 Å². The molecule has 0 fully saturated rings. The Bertz CT molecular complexity index is 1520. The molecule has 0 N–H and O–H groups in total. The van der Waals surface area contributed by atoms with Gasteiger partial charge in [0, 0.05) is 0 Å². The Morgan fingerprint density at radius 1 is 0.806 bits per heavy atom. The van der Waals surface area contributed by atoms with Gasteiger partial charge in [-0.25, -0.2) is 9.67 Å². The molecule has 150 valence electrons. The summed E-state index contributed by atoms with van der Waals surface area (Å²) in [5, 5.41) is 16.4. The summed E-state index contributed by atoms with van der Waals surface area (Å²) in [6.07, 6.45) is 3.53. The fraction of sp³-hybridized carbons (Fsp3) is 0.0833. The minimum atomic E-state index is 0.296. The number of hydrogen-bond donors (Lipinski definition) is 0. The average Bonchev–Trinajstić information content (AvgIpc) is 3.42. The van der Waals surface area contributed by atoms with E-state index >= 15 is 0 Å². The molecule has 7 nitrogen and oxygen atoms in total. The maximum Gasteiger partial charge on any atom is 0.176 e. The second-order valence-corrected chi connectivity index (χ2v) is 7.38. The van der Waals surface area contributed by atoms with E-state index in [2.05, 4.69) is 50.6 Å². The molecule has 0 bridgehead atoms. The molecular formula is C24H18N6O. The van der Waals surface area contributed by atoms with Gasteiger partial charge in [0.25, 0.3) is 0 Å². The van der Waals surface area contributed by atoms with Gasteiger partial charge in [-0.05, 0) is 28.5 Å². The highest BCUT2D eigenvalue weighted by molar-refractivity contribution is 5.88. The van der Waals surface area contributed by atoms with Crippen molar-refractivity contribution >= 4 is 27.5 Å². The predicted octanol–water partition coefficient (Wildman–Crippen LogP) is 4.25. The van der Waals surface area contributed by atoms with Gasteiger partial charge < -0.3 is 4.74 Å². The Kier molecular flexibility index (Phi) is 4.09. The summed E-state index contributed by atoms with van der Waals surface area (Å²) < 4.78 is 9.73. The van der Waals surface area contributed by atoms with Crippen molar-refractivity contribution in [3.63, 3.8) is 0 Å². The minimum absolute atomic E-state index is 0.296. The second kappa shape index (κ2) is 7.21. The van der Waals surface area contributed by atoms with Crippen molar-refractivity contribution in [2.75, 3.05) is 0 Å². The molecule has 3 aromatic carbocycles. The van der Waals surface area contributed by atoms with Crippen LogP contribution in [0.4, 0.5) is 0 Å². The summed E-state index contributed by atoms with van der Waals surface area (Å²) in [7, 11) is 0. The van der Waals surface area contributed by atoms with E-state index in [9.17, 15) is 0 Å². The number of benzene rings is 3. The summed E-state index contributed by atoms with van der Waals surface area (Å²) >= 11 is 0. The lowest BCUT2D eigenvalue weighted by Crippen LogP contribution is -2.04. The summed E-state index contributed by atoms with van der Waals surface area (Å²) in [5.74, 6) is 1.48. The smallest absolute Gasteiger partial charge is 0.176 e. The Morgan fingerprint density at radius 3 is 2.55 bits per heavy atom. The number of fused-ring (bicyclic) bond motifs is 4. The monoisotopic (exact) mass is 406 g/mol. The molecule has 0 radical (unpaired) electrons. The van der Waals surface area contributed by atoms with Crippen molar-refractivity contribution in [2.24, 2.45) is 0 Å². The van der Waals surface area contributed by atoms with Crippen molar-refractivity contribution in [1.29, 1.82) is 0 Å². The molecule has 7 heteroatoms. The van der Waals surface area contributed by atoms with Gasteiger partial charge in [-0.2, -0.15) is 5.10 Å². The molecule has 0 aliphatic carbocycles. The van der Waals surface area contributed by atoms with Crippen LogP contribution in [-0.4, -0.2) is 29.4 Å². The summed E-state index contributed by atoms with van der Waals surface area (Å²) in [5.41, 5.74) is 2.67. The third-order valence-electron chi connectivity index (χ3n) is 5.38. The third-order valence-corrected chi connectivity index (χ3v) is 5.38. The van der Waals surface area contributed by atoms with Crippen LogP contribution >= 0.6 is 0 Å². The Balaban J connectivity index is 1.29. The standard InChI is InChI=1S/C24H18N6O/c1-2-6-17(7-3-1)14-30-23-21(13-26-30)24-28-27-22(29(24)16-25-23)15-31-20-11-10-18-8-4-5-9-19(18)12-20/h1-13,16H,14-15H2. The molecular weight excluding hydrogens is 388 g/mol. The maximum atomic E-state index is 5.99. The van der Waals surface area contributed by atoms with Crippen LogP contribution in [0.2, 0.25) is 0 Å². The zero-order valence-electron chi connectivity index (χ0n) is 16.6. The van der Waals surface area contributed by atoms with Crippen molar-refractivity contribution in [3.8, 4) is 5.75 Å². The topological polar surface area (TPSA) is 70.1 Å². The molecule has 0 unspecified atom stereocenters. The minimum Gasteiger partial charge on any atom is -0.486 e. The molecule has 0 aliphatic heterocycles. The van der Waals surface area contributed by atoms with Gasteiger partial charge in [0.05, 0.1) is 18.1 Å². The Hall–Kier alpha value is -4.26. The zero-order valence-corrected chi connectivity index (χ0v) is 16.6. The molecule has 0 atom stereocenters. The number of rotatable bonds is 5. The van der Waals surface area contributed by atoms with Gasteiger partial charge in [0.1, 0.15) is 18.7 Å². The van der Waals surface area contributed by atoms with Gasteiger partial charge >= 0.3 is 0 Å². The molecule has 0 spiro atoms. The van der Waals surface area contributed by atoms with Crippen LogP contribution in [0, 0.1) is 0 Å². The van der Waals surface area contributed by atoms with Crippen LogP contribution in [-0.2, 0) is 13.2 Å². The molecule has 6 aromatic rings. The van der Waals surface area contributed by atoms with Crippen LogP contribution in [0.1, 0.15) is 11.4 Å².